The molecule has 1 amide bonds. The topological polar surface area (TPSA) is 63.7 Å². The van der Waals surface area contributed by atoms with Crippen LogP contribution in [0.15, 0.2) is 54.6 Å². The molecule has 0 fully saturated rings. The van der Waals surface area contributed by atoms with Crippen molar-refractivity contribution >= 4 is 16.0 Å². The minimum Gasteiger partial charge on any atom is -0.383 e. The SMILES string of the molecule is CC[C@@H](C)N(Cc1cccc(OS(C)(=O)=O)c1)C(=O)CCc1ccccc1. The molecule has 0 bridgehead atoms. The summed E-state index contributed by atoms with van der Waals surface area (Å²) >= 11 is 0. The molecular weight excluding hydrogens is 362 g/mol. The number of benzene rings is 2. The molecule has 0 radical (unpaired) electrons. The van der Waals surface area contributed by atoms with Crippen LogP contribution in [0.3, 0.4) is 0 Å². The van der Waals surface area contributed by atoms with Gasteiger partial charge in [0.1, 0.15) is 5.75 Å². The van der Waals surface area contributed by atoms with Crippen LogP contribution >= 0.6 is 0 Å². The summed E-state index contributed by atoms with van der Waals surface area (Å²) in [6.07, 6.45) is 2.99. The summed E-state index contributed by atoms with van der Waals surface area (Å²) in [6, 6.07) is 16.9. The van der Waals surface area contributed by atoms with E-state index in [4.69, 9.17) is 4.18 Å². The summed E-state index contributed by atoms with van der Waals surface area (Å²) in [5.74, 6) is 0.346. The zero-order chi connectivity index (χ0) is 19.9. The Morgan fingerprint density at radius 1 is 1.07 bits per heavy atom. The second-order valence-corrected chi connectivity index (χ2v) is 8.27. The Kier molecular flexibility index (Phi) is 7.42. The van der Waals surface area contributed by atoms with Crippen LogP contribution in [0.1, 0.15) is 37.8 Å². The van der Waals surface area contributed by atoms with Gasteiger partial charge in [-0.3, -0.25) is 4.79 Å². The second-order valence-electron chi connectivity index (χ2n) is 6.70. The van der Waals surface area contributed by atoms with Crippen molar-refractivity contribution in [3.8, 4) is 5.75 Å². The number of nitrogens with zero attached hydrogens (tertiary/aromatic N) is 1. The van der Waals surface area contributed by atoms with Crippen LogP contribution in [0.2, 0.25) is 0 Å². The molecule has 27 heavy (non-hydrogen) atoms. The molecule has 6 heteroatoms. The molecular formula is C21H27NO4S. The van der Waals surface area contributed by atoms with E-state index < -0.39 is 10.1 Å². The first-order chi connectivity index (χ1) is 12.8. The lowest BCUT2D eigenvalue weighted by Gasteiger charge is -2.29. The van der Waals surface area contributed by atoms with E-state index in [0.29, 0.717) is 19.4 Å². The van der Waals surface area contributed by atoms with Gasteiger partial charge in [-0.15, -0.1) is 0 Å². The minimum atomic E-state index is -3.58. The van der Waals surface area contributed by atoms with Gasteiger partial charge >= 0.3 is 10.1 Å². The van der Waals surface area contributed by atoms with Gasteiger partial charge in [0.2, 0.25) is 5.91 Å². The van der Waals surface area contributed by atoms with Crippen LogP contribution in [-0.4, -0.2) is 31.5 Å². The van der Waals surface area contributed by atoms with Crippen molar-refractivity contribution in [1.29, 1.82) is 0 Å². The Bertz CT molecular complexity index is 849. The van der Waals surface area contributed by atoms with Gasteiger partial charge in [0.05, 0.1) is 6.26 Å². The molecule has 5 nitrogen and oxygen atoms in total. The highest BCUT2D eigenvalue weighted by Crippen LogP contribution is 2.19. The van der Waals surface area contributed by atoms with Gasteiger partial charge in [-0.2, -0.15) is 8.42 Å². The van der Waals surface area contributed by atoms with Gasteiger partial charge in [0.25, 0.3) is 0 Å². The van der Waals surface area contributed by atoms with E-state index in [2.05, 4.69) is 0 Å². The lowest BCUT2D eigenvalue weighted by Crippen LogP contribution is -2.37. The largest absolute Gasteiger partial charge is 0.383 e. The van der Waals surface area contributed by atoms with E-state index in [-0.39, 0.29) is 17.7 Å². The first-order valence-electron chi connectivity index (χ1n) is 9.10. The molecule has 0 saturated carbocycles. The van der Waals surface area contributed by atoms with Gasteiger partial charge in [0.15, 0.2) is 0 Å². The molecule has 2 aromatic carbocycles. The highest BCUT2D eigenvalue weighted by Gasteiger charge is 2.19. The molecule has 0 aliphatic carbocycles. The highest BCUT2D eigenvalue weighted by molar-refractivity contribution is 7.86. The fourth-order valence-corrected chi connectivity index (χ4v) is 3.27. The normalized spacial score (nSPS) is 12.4. The standard InChI is InChI=1S/C21H27NO4S/c1-4-17(2)22(21(23)14-13-18-9-6-5-7-10-18)16-19-11-8-12-20(15-19)26-27(3,24)25/h5-12,15,17H,4,13-14,16H2,1-3H3/t17-/m1/s1. The molecule has 2 aromatic rings. The van der Waals surface area contributed by atoms with E-state index in [1.165, 1.54) is 0 Å². The monoisotopic (exact) mass is 389 g/mol. The highest BCUT2D eigenvalue weighted by atomic mass is 32.2. The molecule has 0 unspecified atom stereocenters. The quantitative estimate of drug-likeness (QED) is 0.612. The van der Waals surface area contributed by atoms with Crippen LogP contribution in [0.5, 0.6) is 5.75 Å². The third-order valence-corrected chi connectivity index (χ3v) is 4.91. The van der Waals surface area contributed by atoms with Gasteiger partial charge < -0.3 is 9.08 Å². The van der Waals surface area contributed by atoms with Crippen molar-refractivity contribution in [2.75, 3.05) is 6.26 Å². The van der Waals surface area contributed by atoms with Gasteiger partial charge in [-0.1, -0.05) is 49.4 Å². The van der Waals surface area contributed by atoms with Crippen LogP contribution < -0.4 is 4.18 Å². The van der Waals surface area contributed by atoms with Crippen molar-refractivity contribution in [2.24, 2.45) is 0 Å². The number of hydrogen-bond donors (Lipinski definition) is 0. The van der Waals surface area contributed by atoms with Crippen LogP contribution in [0, 0.1) is 0 Å². The number of aryl methyl sites for hydroxylation is 1. The maximum absolute atomic E-state index is 12.8. The number of carbonyl (C=O) groups is 1. The molecule has 0 spiro atoms. The summed E-state index contributed by atoms with van der Waals surface area (Å²) < 4.78 is 27.6. The van der Waals surface area contributed by atoms with Gasteiger partial charge in [0, 0.05) is 19.0 Å². The predicted octanol–water partition coefficient (Wildman–Crippen LogP) is 3.78. The second kappa shape index (κ2) is 9.55. The Labute approximate surface area is 162 Å². The fourth-order valence-electron chi connectivity index (χ4n) is 2.82. The molecule has 0 aliphatic rings. The maximum atomic E-state index is 12.8. The maximum Gasteiger partial charge on any atom is 0.306 e. The third kappa shape index (κ3) is 7.06. The first-order valence-corrected chi connectivity index (χ1v) is 10.9. The smallest absolute Gasteiger partial charge is 0.306 e. The molecule has 0 N–H and O–H groups in total. The molecule has 146 valence electrons. The lowest BCUT2D eigenvalue weighted by atomic mass is 10.1. The molecule has 0 aromatic heterocycles. The molecule has 0 aliphatic heterocycles. The van der Waals surface area contributed by atoms with Crippen molar-refractivity contribution in [3.63, 3.8) is 0 Å². The zero-order valence-corrected chi connectivity index (χ0v) is 16.9. The molecule has 1 atom stereocenters. The van der Waals surface area contributed by atoms with Crippen molar-refractivity contribution in [1.82, 2.24) is 4.90 Å². The third-order valence-electron chi connectivity index (χ3n) is 4.41. The van der Waals surface area contributed by atoms with E-state index in [0.717, 1.165) is 23.8 Å². The van der Waals surface area contributed by atoms with Crippen LogP contribution in [-0.2, 0) is 27.9 Å². The van der Waals surface area contributed by atoms with E-state index in [1.807, 2.05) is 55.1 Å². The van der Waals surface area contributed by atoms with Crippen molar-refractivity contribution in [3.05, 3.63) is 65.7 Å². The summed E-state index contributed by atoms with van der Waals surface area (Å²) in [5, 5.41) is 0. The molecule has 0 saturated heterocycles. The summed E-state index contributed by atoms with van der Waals surface area (Å²) in [6.45, 7) is 4.49. The summed E-state index contributed by atoms with van der Waals surface area (Å²) in [5.41, 5.74) is 1.98. The Balaban J connectivity index is 2.09. The summed E-state index contributed by atoms with van der Waals surface area (Å²) in [4.78, 5) is 14.7. The van der Waals surface area contributed by atoms with E-state index in [1.54, 1.807) is 18.2 Å². The Morgan fingerprint density at radius 3 is 2.37 bits per heavy atom. The van der Waals surface area contributed by atoms with Crippen molar-refractivity contribution in [2.45, 2.75) is 45.7 Å². The van der Waals surface area contributed by atoms with E-state index >= 15 is 0 Å². The summed E-state index contributed by atoms with van der Waals surface area (Å²) in [7, 11) is -3.58. The lowest BCUT2D eigenvalue weighted by molar-refractivity contribution is -0.134. The van der Waals surface area contributed by atoms with Crippen LogP contribution in [0.4, 0.5) is 0 Å². The number of rotatable bonds is 9. The van der Waals surface area contributed by atoms with Gasteiger partial charge in [-0.25, -0.2) is 0 Å². The number of hydrogen-bond acceptors (Lipinski definition) is 4. The molecule has 0 heterocycles. The Hall–Kier alpha value is -2.34. The number of carbonyl (C=O) groups excluding carboxylic acids is 1. The van der Waals surface area contributed by atoms with Crippen LogP contribution in [0.25, 0.3) is 0 Å². The van der Waals surface area contributed by atoms with Crippen molar-refractivity contribution < 1.29 is 17.4 Å². The fraction of sp³-hybridized carbons (Fsp3) is 0.381. The Morgan fingerprint density at radius 2 is 1.74 bits per heavy atom. The van der Waals surface area contributed by atoms with E-state index in [9.17, 15) is 13.2 Å². The first kappa shape index (κ1) is 21.0. The van der Waals surface area contributed by atoms with Gasteiger partial charge in [-0.05, 0) is 43.0 Å². The minimum absolute atomic E-state index is 0.0858. The average molecular weight is 390 g/mol. The molecule has 2 rings (SSSR count). The zero-order valence-electron chi connectivity index (χ0n) is 16.1. The number of amides is 1. The predicted molar refractivity (Wildman–Crippen MR) is 107 cm³/mol. The average Bonchev–Trinajstić information content (AvgIpc) is 2.63.